The monoisotopic (exact) mass is 237 g/mol. The molecule has 0 fully saturated rings. The van der Waals surface area contributed by atoms with E-state index < -0.39 is 0 Å². The average Bonchev–Trinajstić information content (AvgIpc) is 2.27. The van der Waals surface area contributed by atoms with E-state index in [-0.39, 0.29) is 6.10 Å². The highest BCUT2D eigenvalue weighted by Gasteiger charge is 1.99. The van der Waals surface area contributed by atoms with Gasteiger partial charge < -0.3 is 15.2 Å². The quantitative estimate of drug-likeness (QED) is 0.713. The molecule has 1 aromatic carbocycles. The van der Waals surface area contributed by atoms with Crippen molar-refractivity contribution in [1.29, 1.82) is 0 Å². The molecular weight excluding hydrogens is 214 g/mol. The van der Waals surface area contributed by atoms with E-state index in [1.54, 1.807) is 6.92 Å². The van der Waals surface area contributed by atoms with Gasteiger partial charge in [-0.25, -0.2) is 0 Å². The fourth-order valence-electron chi connectivity index (χ4n) is 1.55. The standard InChI is InChI=1S/C14H23NO2/c1-11-5-6-12(2)14(9-11)17-8-4-7-15-10-13(3)16/h5-6,9,13,15-16H,4,7-8,10H2,1-3H3/t13-/m1/s1. The van der Waals surface area contributed by atoms with Crippen LogP contribution in [0.15, 0.2) is 18.2 Å². The van der Waals surface area contributed by atoms with E-state index in [1.807, 2.05) is 0 Å². The van der Waals surface area contributed by atoms with E-state index in [1.165, 1.54) is 11.1 Å². The number of ether oxygens (including phenoxy) is 1. The van der Waals surface area contributed by atoms with Crippen molar-refractivity contribution in [2.24, 2.45) is 0 Å². The zero-order valence-electron chi connectivity index (χ0n) is 11.0. The lowest BCUT2D eigenvalue weighted by Crippen LogP contribution is -2.26. The van der Waals surface area contributed by atoms with Gasteiger partial charge in [-0.3, -0.25) is 0 Å². The van der Waals surface area contributed by atoms with E-state index in [0.717, 1.165) is 18.7 Å². The summed E-state index contributed by atoms with van der Waals surface area (Å²) in [7, 11) is 0. The second-order valence-electron chi connectivity index (χ2n) is 4.52. The molecule has 1 aromatic rings. The number of aliphatic hydroxyl groups is 1. The van der Waals surface area contributed by atoms with Gasteiger partial charge in [0.1, 0.15) is 5.75 Å². The number of nitrogens with one attached hydrogen (secondary N) is 1. The molecule has 0 saturated heterocycles. The van der Waals surface area contributed by atoms with Crippen LogP contribution in [0, 0.1) is 13.8 Å². The SMILES string of the molecule is Cc1ccc(C)c(OCCCNC[C@@H](C)O)c1. The van der Waals surface area contributed by atoms with E-state index in [9.17, 15) is 0 Å². The van der Waals surface area contributed by atoms with Gasteiger partial charge in [0.25, 0.3) is 0 Å². The van der Waals surface area contributed by atoms with Crippen molar-refractivity contribution >= 4 is 0 Å². The fourth-order valence-corrected chi connectivity index (χ4v) is 1.55. The van der Waals surface area contributed by atoms with Crippen LogP contribution in [0.1, 0.15) is 24.5 Å². The maximum absolute atomic E-state index is 9.06. The molecule has 0 heterocycles. The zero-order chi connectivity index (χ0) is 12.7. The summed E-state index contributed by atoms with van der Waals surface area (Å²) in [6, 6.07) is 6.24. The molecule has 96 valence electrons. The number of benzene rings is 1. The molecule has 17 heavy (non-hydrogen) atoms. The third-order valence-corrected chi connectivity index (χ3v) is 2.54. The van der Waals surface area contributed by atoms with Crippen molar-refractivity contribution in [3.05, 3.63) is 29.3 Å². The van der Waals surface area contributed by atoms with Crippen LogP contribution in [0.5, 0.6) is 5.75 Å². The van der Waals surface area contributed by atoms with E-state index in [2.05, 4.69) is 37.4 Å². The third-order valence-electron chi connectivity index (χ3n) is 2.54. The van der Waals surface area contributed by atoms with Crippen LogP contribution in [0.2, 0.25) is 0 Å². The molecular formula is C14H23NO2. The topological polar surface area (TPSA) is 41.5 Å². The molecule has 1 rings (SSSR count). The lowest BCUT2D eigenvalue weighted by atomic mass is 10.1. The minimum Gasteiger partial charge on any atom is -0.493 e. The first-order valence-corrected chi connectivity index (χ1v) is 6.18. The van der Waals surface area contributed by atoms with Crippen LogP contribution in [-0.2, 0) is 0 Å². The Morgan fingerprint density at radius 1 is 1.35 bits per heavy atom. The van der Waals surface area contributed by atoms with Crippen molar-refractivity contribution in [3.8, 4) is 5.75 Å². The molecule has 0 spiro atoms. The lowest BCUT2D eigenvalue weighted by Gasteiger charge is -2.10. The van der Waals surface area contributed by atoms with E-state index >= 15 is 0 Å². The highest BCUT2D eigenvalue weighted by Crippen LogP contribution is 2.18. The van der Waals surface area contributed by atoms with Crippen LogP contribution in [0.25, 0.3) is 0 Å². The van der Waals surface area contributed by atoms with Gasteiger partial charge in [0, 0.05) is 6.54 Å². The molecule has 0 aliphatic heterocycles. The summed E-state index contributed by atoms with van der Waals surface area (Å²) < 4.78 is 5.72. The predicted molar refractivity (Wildman–Crippen MR) is 70.6 cm³/mol. The second kappa shape index (κ2) is 7.30. The van der Waals surface area contributed by atoms with Crippen LogP contribution in [0.4, 0.5) is 0 Å². The lowest BCUT2D eigenvalue weighted by molar-refractivity contribution is 0.190. The maximum atomic E-state index is 9.06. The summed E-state index contributed by atoms with van der Waals surface area (Å²) in [5.74, 6) is 0.973. The largest absolute Gasteiger partial charge is 0.493 e. The molecule has 0 aromatic heterocycles. The smallest absolute Gasteiger partial charge is 0.122 e. The van der Waals surface area contributed by atoms with E-state index in [0.29, 0.717) is 13.2 Å². The molecule has 0 amide bonds. The van der Waals surface area contributed by atoms with Crippen molar-refractivity contribution in [2.45, 2.75) is 33.3 Å². The minimum absolute atomic E-state index is 0.282. The Labute approximate surface area is 104 Å². The maximum Gasteiger partial charge on any atom is 0.122 e. The number of hydrogen-bond donors (Lipinski definition) is 2. The van der Waals surface area contributed by atoms with Gasteiger partial charge in [0.2, 0.25) is 0 Å². The molecule has 2 N–H and O–H groups in total. The first kappa shape index (κ1) is 14.0. The Morgan fingerprint density at radius 2 is 2.12 bits per heavy atom. The highest BCUT2D eigenvalue weighted by atomic mass is 16.5. The minimum atomic E-state index is -0.282. The van der Waals surface area contributed by atoms with E-state index in [4.69, 9.17) is 9.84 Å². The molecule has 0 aliphatic carbocycles. The van der Waals surface area contributed by atoms with Crippen LogP contribution < -0.4 is 10.1 Å². The fraction of sp³-hybridized carbons (Fsp3) is 0.571. The summed E-state index contributed by atoms with van der Waals surface area (Å²) in [5, 5.41) is 12.2. The number of aryl methyl sites for hydroxylation is 2. The van der Waals surface area contributed by atoms with Crippen molar-refractivity contribution in [2.75, 3.05) is 19.7 Å². The van der Waals surface area contributed by atoms with Gasteiger partial charge in [0.15, 0.2) is 0 Å². The number of aliphatic hydroxyl groups excluding tert-OH is 1. The predicted octanol–water partition coefficient (Wildman–Crippen LogP) is 2.04. The van der Waals surface area contributed by atoms with Gasteiger partial charge >= 0.3 is 0 Å². The highest BCUT2D eigenvalue weighted by molar-refractivity contribution is 5.35. The van der Waals surface area contributed by atoms with Gasteiger partial charge in [-0.1, -0.05) is 12.1 Å². The molecule has 0 aliphatic rings. The summed E-state index contributed by atoms with van der Waals surface area (Å²) in [6.45, 7) is 8.12. The Kier molecular flexibility index (Phi) is 6.01. The molecule has 0 bridgehead atoms. The molecule has 3 heteroatoms. The van der Waals surface area contributed by atoms with Gasteiger partial charge in [-0.15, -0.1) is 0 Å². The number of hydrogen-bond acceptors (Lipinski definition) is 3. The van der Waals surface area contributed by atoms with Crippen LogP contribution in [0.3, 0.4) is 0 Å². The van der Waals surface area contributed by atoms with Crippen molar-refractivity contribution < 1.29 is 9.84 Å². The normalized spacial score (nSPS) is 12.5. The Hall–Kier alpha value is -1.06. The van der Waals surface area contributed by atoms with Gasteiger partial charge in [0.05, 0.1) is 12.7 Å². The van der Waals surface area contributed by atoms with Gasteiger partial charge in [-0.2, -0.15) is 0 Å². The molecule has 3 nitrogen and oxygen atoms in total. The van der Waals surface area contributed by atoms with Crippen molar-refractivity contribution in [3.63, 3.8) is 0 Å². The summed E-state index contributed by atoms with van der Waals surface area (Å²) in [5.41, 5.74) is 2.39. The summed E-state index contributed by atoms with van der Waals surface area (Å²) in [6.07, 6.45) is 0.662. The third kappa shape index (κ3) is 5.71. The Balaban J connectivity index is 2.20. The zero-order valence-corrected chi connectivity index (χ0v) is 11.0. The molecule has 0 unspecified atom stereocenters. The van der Waals surface area contributed by atoms with Gasteiger partial charge in [-0.05, 0) is 50.9 Å². The summed E-state index contributed by atoms with van der Waals surface area (Å²) >= 11 is 0. The van der Waals surface area contributed by atoms with Crippen LogP contribution in [-0.4, -0.2) is 30.9 Å². The summed E-state index contributed by atoms with van der Waals surface area (Å²) in [4.78, 5) is 0. The second-order valence-corrected chi connectivity index (χ2v) is 4.52. The molecule has 0 saturated carbocycles. The molecule has 0 radical (unpaired) electrons. The molecule has 1 atom stereocenters. The van der Waals surface area contributed by atoms with Crippen molar-refractivity contribution in [1.82, 2.24) is 5.32 Å². The Bertz CT molecular complexity index is 337. The average molecular weight is 237 g/mol. The first-order chi connectivity index (χ1) is 8.09. The first-order valence-electron chi connectivity index (χ1n) is 6.18. The van der Waals surface area contributed by atoms with Crippen LogP contribution >= 0.6 is 0 Å². The number of rotatable bonds is 7. The Morgan fingerprint density at radius 3 is 2.82 bits per heavy atom.